The summed E-state index contributed by atoms with van der Waals surface area (Å²) in [6, 6.07) is 14.3. The van der Waals surface area contributed by atoms with E-state index in [0.29, 0.717) is 23.5 Å². The van der Waals surface area contributed by atoms with E-state index in [0.717, 1.165) is 47.2 Å². The number of pyridine rings is 1. The summed E-state index contributed by atoms with van der Waals surface area (Å²) in [6.07, 6.45) is 6.99. The molecule has 3 rings (SSSR count). The van der Waals surface area contributed by atoms with Crippen LogP contribution >= 0.6 is 0 Å². The van der Waals surface area contributed by atoms with Crippen LogP contribution in [0.4, 0.5) is 4.39 Å². The lowest BCUT2D eigenvalue weighted by Gasteiger charge is -2.22. The maximum atomic E-state index is 14.4. The third-order valence-electron chi connectivity index (χ3n) is 5.73. The summed E-state index contributed by atoms with van der Waals surface area (Å²) in [5.74, 6) is 0.226. The van der Waals surface area contributed by atoms with Crippen LogP contribution in [0.5, 0.6) is 5.75 Å². The number of carbonyl (C=O) groups is 1. The van der Waals surface area contributed by atoms with Gasteiger partial charge < -0.3 is 4.74 Å². The molecule has 0 N–H and O–H groups in total. The number of hydrogen-bond acceptors (Lipinski definition) is 3. The Morgan fingerprint density at radius 2 is 1.65 bits per heavy atom. The highest BCUT2D eigenvalue weighted by Gasteiger charge is 2.24. The van der Waals surface area contributed by atoms with Crippen molar-refractivity contribution in [2.75, 3.05) is 0 Å². The Balaban J connectivity index is 2.29. The number of ether oxygens (including phenoxy) is 1. The van der Waals surface area contributed by atoms with Crippen LogP contribution in [0.15, 0.2) is 54.6 Å². The van der Waals surface area contributed by atoms with Gasteiger partial charge in [-0.2, -0.15) is 0 Å². The van der Waals surface area contributed by atoms with E-state index in [1.165, 1.54) is 12.1 Å². The first-order valence-corrected chi connectivity index (χ1v) is 12.0. The van der Waals surface area contributed by atoms with Gasteiger partial charge in [-0.3, -0.25) is 9.78 Å². The van der Waals surface area contributed by atoms with E-state index in [9.17, 15) is 9.18 Å². The van der Waals surface area contributed by atoms with E-state index >= 15 is 0 Å². The molecule has 0 aliphatic carbocycles. The normalized spacial score (nSPS) is 11.5. The summed E-state index contributed by atoms with van der Waals surface area (Å²) >= 11 is 0. The summed E-state index contributed by atoms with van der Waals surface area (Å²) in [5.41, 5.74) is 5.54. The molecule has 0 spiro atoms. The van der Waals surface area contributed by atoms with Crippen molar-refractivity contribution in [2.45, 2.75) is 65.9 Å². The minimum Gasteiger partial charge on any atom is -0.488 e. The minimum absolute atomic E-state index is 0.0549. The molecule has 0 atom stereocenters. The van der Waals surface area contributed by atoms with Crippen molar-refractivity contribution in [1.82, 2.24) is 4.98 Å². The van der Waals surface area contributed by atoms with Crippen LogP contribution in [0, 0.1) is 5.82 Å². The van der Waals surface area contributed by atoms with Crippen molar-refractivity contribution in [3.05, 3.63) is 88.5 Å². The fraction of sp³-hybridized carbons (Fsp3) is 0.333. The van der Waals surface area contributed by atoms with Crippen molar-refractivity contribution in [1.29, 1.82) is 0 Å². The van der Waals surface area contributed by atoms with Crippen LogP contribution in [0.3, 0.4) is 0 Å². The lowest BCUT2D eigenvalue weighted by atomic mass is 9.87. The Kier molecular flexibility index (Phi) is 8.75. The second kappa shape index (κ2) is 11.7. The minimum atomic E-state index is -0.384. The topological polar surface area (TPSA) is 39.2 Å². The summed E-state index contributed by atoms with van der Waals surface area (Å²) in [5, 5.41) is 0. The van der Waals surface area contributed by atoms with Crippen molar-refractivity contribution in [3.8, 4) is 16.9 Å². The average molecular weight is 460 g/mol. The predicted octanol–water partition coefficient (Wildman–Crippen LogP) is 8.34. The first kappa shape index (κ1) is 25.4. The largest absolute Gasteiger partial charge is 0.488 e. The van der Waals surface area contributed by atoms with Crippen molar-refractivity contribution < 1.29 is 13.9 Å². The van der Waals surface area contributed by atoms with Crippen LogP contribution in [0.2, 0.25) is 0 Å². The molecule has 0 bridgehead atoms. The molecule has 4 heteroatoms. The van der Waals surface area contributed by atoms with Crippen LogP contribution in [0.1, 0.15) is 92.2 Å². The van der Waals surface area contributed by atoms with Gasteiger partial charge in [0.25, 0.3) is 0 Å². The van der Waals surface area contributed by atoms with Crippen LogP contribution in [0.25, 0.3) is 17.2 Å². The molecule has 3 nitrogen and oxygen atoms in total. The van der Waals surface area contributed by atoms with Crippen LogP contribution in [-0.2, 0) is 6.61 Å². The molecule has 0 saturated carbocycles. The average Bonchev–Trinajstić information content (AvgIpc) is 2.82. The van der Waals surface area contributed by atoms with Gasteiger partial charge in [0.05, 0.1) is 11.4 Å². The number of aldehydes is 1. The number of nitrogens with zero attached hydrogens (tertiary/aromatic N) is 1. The third-order valence-corrected chi connectivity index (χ3v) is 5.73. The molecule has 0 aliphatic rings. The molecule has 0 aliphatic heterocycles. The molecule has 1 heterocycles. The molecule has 34 heavy (non-hydrogen) atoms. The van der Waals surface area contributed by atoms with Gasteiger partial charge >= 0.3 is 0 Å². The van der Waals surface area contributed by atoms with Crippen molar-refractivity contribution in [3.63, 3.8) is 0 Å². The highest BCUT2D eigenvalue weighted by Crippen LogP contribution is 2.41. The summed E-state index contributed by atoms with van der Waals surface area (Å²) < 4.78 is 20.5. The second-order valence-corrected chi connectivity index (χ2v) is 9.12. The van der Waals surface area contributed by atoms with E-state index in [1.54, 1.807) is 6.07 Å². The molecular formula is C30H34FNO2. The van der Waals surface area contributed by atoms with E-state index < -0.39 is 0 Å². The molecular weight excluding hydrogens is 425 g/mol. The number of carbonyl (C=O) groups excluding carboxylic acids is 1. The first-order valence-electron chi connectivity index (χ1n) is 12.0. The van der Waals surface area contributed by atoms with Gasteiger partial charge in [-0.1, -0.05) is 83.5 Å². The lowest BCUT2D eigenvalue weighted by Crippen LogP contribution is -2.10. The number of halogens is 1. The number of aromatic nitrogens is 1. The quantitative estimate of drug-likeness (QED) is 0.286. The molecule has 178 valence electrons. The second-order valence-electron chi connectivity index (χ2n) is 9.12. The summed E-state index contributed by atoms with van der Waals surface area (Å²) in [4.78, 5) is 17.4. The summed E-state index contributed by atoms with van der Waals surface area (Å²) in [6.45, 7) is 10.7. The van der Waals surface area contributed by atoms with Gasteiger partial charge in [-0.05, 0) is 36.0 Å². The van der Waals surface area contributed by atoms with Crippen molar-refractivity contribution >= 4 is 12.4 Å². The van der Waals surface area contributed by atoms with E-state index in [2.05, 4.69) is 32.9 Å². The van der Waals surface area contributed by atoms with E-state index in [1.807, 2.05) is 44.2 Å². The van der Waals surface area contributed by atoms with Crippen molar-refractivity contribution in [2.24, 2.45) is 0 Å². The number of rotatable bonds is 10. The monoisotopic (exact) mass is 459 g/mol. The molecule has 0 fully saturated rings. The standard InChI is InChI=1S/C30H34FNO2/c1-6-7-9-14-25-28(26(18-33)30(21(4)5)32-29(25)20(2)3)24-16-15-23(31)17-27(24)34-19-22-12-10-8-11-13-22/h8-18,20-21H,6-7,19H2,1-5H3. The Bertz CT molecular complexity index is 1150. The fourth-order valence-corrected chi connectivity index (χ4v) is 4.04. The highest BCUT2D eigenvalue weighted by atomic mass is 19.1. The highest BCUT2D eigenvalue weighted by molar-refractivity contribution is 5.95. The number of allylic oxidation sites excluding steroid dienone is 1. The Morgan fingerprint density at radius 3 is 2.26 bits per heavy atom. The number of unbranched alkanes of at least 4 members (excludes halogenated alkanes) is 1. The van der Waals surface area contributed by atoms with E-state index in [4.69, 9.17) is 9.72 Å². The Morgan fingerprint density at radius 1 is 0.971 bits per heavy atom. The van der Waals surface area contributed by atoms with Gasteiger partial charge in [0, 0.05) is 28.3 Å². The number of hydrogen-bond donors (Lipinski definition) is 0. The van der Waals surface area contributed by atoms with Gasteiger partial charge in [0.15, 0.2) is 6.29 Å². The SMILES string of the molecule is CCCC=Cc1c(C(C)C)nc(C(C)C)c(C=O)c1-c1ccc(F)cc1OCc1ccccc1. The van der Waals surface area contributed by atoms with E-state index in [-0.39, 0.29) is 17.7 Å². The zero-order valence-corrected chi connectivity index (χ0v) is 20.8. The number of benzene rings is 2. The van der Waals surface area contributed by atoms with Gasteiger partial charge in [-0.25, -0.2) is 4.39 Å². The smallest absolute Gasteiger partial charge is 0.152 e. The first-order chi connectivity index (χ1) is 16.4. The Hall–Kier alpha value is -3.27. The molecule has 0 amide bonds. The van der Waals surface area contributed by atoms with Gasteiger partial charge in [-0.15, -0.1) is 0 Å². The van der Waals surface area contributed by atoms with Gasteiger partial charge in [0.2, 0.25) is 0 Å². The molecule has 0 unspecified atom stereocenters. The Labute approximate surface area is 202 Å². The molecule has 3 aromatic rings. The maximum Gasteiger partial charge on any atom is 0.152 e. The van der Waals surface area contributed by atoms with Crippen LogP contribution in [-0.4, -0.2) is 11.3 Å². The molecule has 2 aromatic carbocycles. The molecule has 0 radical (unpaired) electrons. The maximum absolute atomic E-state index is 14.4. The van der Waals surface area contributed by atoms with Gasteiger partial charge in [0.1, 0.15) is 18.2 Å². The molecule has 0 saturated heterocycles. The fourth-order valence-electron chi connectivity index (χ4n) is 4.04. The summed E-state index contributed by atoms with van der Waals surface area (Å²) in [7, 11) is 0. The molecule has 1 aromatic heterocycles. The zero-order chi connectivity index (χ0) is 24.7. The lowest BCUT2D eigenvalue weighted by molar-refractivity contribution is 0.112. The third kappa shape index (κ3) is 5.80. The zero-order valence-electron chi connectivity index (χ0n) is 20.8. The van der Waals surface area contributed by atoms with Crippen LogP contribution < -0.4 is 4.74 Å². The predicted molar refractivity (Wildman–Crippen MR) is 138 cm³/mol.